The first-order valence-corrected chi connectivity index (χ1v) is 8.48. The van der Waals surface area contributed by atoms with Crippen LogP contribution in [-0.4, -0.2) is 54.7 Å². The number of piperidine rings is 1. The first kappa shape index (κ1) is 13.3. The van der Waals surface area contributed by atoms with Crippen LogP contribution < -0.4 is 0 Å². The van der Waals surface area contributed by atoms with Crippen molar-refractivity contribution in [3.05, 3.63) is 0 Å². The molecular weight excluding hydrogens is 238 g/mol. The zero-order chi connectivity index (χ0) is 12.5. The Morgan fingerprint density at radius 3 is 2.29 bits per heavy atom. The highest BCUT2D eigenvalue weighted by Gasteiger charge is 2.40. The van der Waals surface area contributed by atoms with Gasteiger partial charge in [0.05, 0.1) is 11.9 Å². The van der Waals surface area contributed by atoms with Crippen LogP contribution in [0.1, 0.15) is 39.0 Å². The molecule has 2 bridgehead atoms. The van der Waals surface area contributed by atoms with E-state index in [-0.39, 0.29) is 11.9 Å². The van der Waals surface area contributed by atoms with Crippen molar-refractivity contribution in [3.63, 3.8) is 0 Å². The molecule has 2 aliphatic rings. The molecule has 2 heterocycles. The van der Waals surface area contributed by atoms with Crippen molar-refractivity contribution in [2.45, 2.75) is 57.2 Å². The lowest BCUT2D eigenvalue weighted by molar-refractivity contribution is 0.0391. The molecule has 0 aromatic carbocycles. The van der Waals surface area contributed by atoms with Gasteiger partial charge in [0.15, 0.2) is 9.84 Å². The summed E-state index contributed by atoms with van der Waals surface area (Å²) in [5.74, 6) is 0.586. The largest absolute Gasteiger partial charge is 0.393 e. The lowest BCUT2D eigenvalue weighted by atomic mass is 10.0. The van der Waals surface area contributed by atoms with E-state index in [9.17, 15) is 13.5 Å². The molecule has 0 aliphatic carbocycles. The Bertz CT molecular complexity index is 341. The van der Waals surface area contributed by atoms with Crippen LogP contribution in [0.5, 0.6) is 0 Å². The lowest BCUT2D eigenvalue weighted by Gasteiger charge is -2.37. The molecule has 0 radical (unpaired) electrons. The fourth-order valence-electron chi connectivity index (χ4n) is 3.27. The first-order valence-electron chi connectivity index (χ1n) is 6.66. The second-order valence-electron chi connectivity index (χ2n) is 5.40. The molecule has 2 fully saturated rings. The van der Waals surface area contributed by atoms with Crippen LogP contribution in [-0.2, 0) is 9.84 Å². The second kappa shape index (κ2) is 5.24. The van der Waals surface area contributed by atoms with Crippen molar-refractivity contribution in [1.82, 2.24) is 4.90 Å². The molecule has 0 amide bonds. The number of sulfone groups is 1. The molecule has 2 unspecified atom stereocenters. The van der Waals surface area contributed by atoms with Crippen molar-refractivity contribution in [3.8, 4) is 0 Å². The zero-order valence-electron chi connectivity index (χ0n) is 10.5. The number of hydrogen-bond donors (Lipinski definition) is 1. The third-order valence-electron chi connectivity index (χ3n) is 4.04. The molecule has 0 aromatic rings. The fraction of sp³-hybridized carbons (Fsp3) is 1.00. The number of aliphatic hydroxyl groups is 1. The summed E-state index contributed by atoms with van der Waals surface area (Å²) in [5, 5.41) is 9.68. The van der Waals surface area contributed by atoms with Gasteiger partial charge in [-0.1, -0.05) is 6.92 Å². The topological polar surface area (TPSA) is 57.6 Å². The van der Waals surface area contributed by atoms with E-state index in [0.29, 0.717) is 30.8 Å². The lowest BCUT2D eigenvalue weighted by Crippen LogP contribution is -2.46. The highest BCUT2D eigenvalue weighted by molar-refractivity contribution is 7.91. The molecule has 5 heteroatoms. The standard InChI is InChI=1S/C12H23NO3S/c1-2-6-17(15,16)7-5-13-10-3-4-11(13)9-12(14)8-10/h10-12,14H,2-9H2,1H3. The van der Waals surface area contributed by atoms with Crippen molar-refractivity contribution in [2.24, 2.45) is 0 Å². The maximum Gasteiger partial charge on any atom is 0.151 e. The van der Waals surface area contributed by atoms with Crippen molar-refractivity contribution < 1.29 is 13.5 Å². The molecule has 1 N–H and O–H groups in total. The van der Waals surface area contributed by atoms with Gasteiger partial charge in [0.2, 0.25) is 0 Å². The molecule has 2 saturated heterocycles. The number of hydrogen-bond acceptors (Lipinski definition) is 4. The third kappa shape index (κ3) is 3.20. The first-order chi connectivity index (χ1) is 8.02. The average Bonchev–Trinajstić information content (AvgIpc) is 2.47. The summed E-state index contributed by atoms with van der Waals surface area (Å²) >= 11 is 0. The van der Waals surface area contributed by atoms with Crippen LogP contribution in [0.15, 0.2) is 0 Å². The maximum absolute atomic E-state index is 11.7. The van der Waals surface area contributed by atoms with Gasteiger partial charge in [-0.25, -0.2) is 8.42 Å². The Kier molecular flexibility index (Phi) is 4.10. The maximum atomic E-state index is 11.7. The van der Waals surface area contributed by atoms with E-state index in [2.05, 4.69) is 4.90 Å². The van der Waals surface area contributed by atoms with E-state index in [1.54, 1.807) is 0 Å². The van der Waals surface area contributed by atoms with Crippen LogP contribution in [0.4, 0.5) is 0 Å². The van der Waals surface area contributed by atoms with Gasteiger partial charge in [-0.2, -0.15) is 0 Å². The van der Waals surface area contributed by atoms with E-state index in [1.165, 1.54) is 0 Å². The molecule has 2 aliphatic heterocycles. The molecule has 0 saturated carbocycles. The minimum absolute atomic E-state index is 0.170. The normalized spacial score (nSPS) is 34.1. The Morgan fingerprint density at radius 2 is 1.76 bits per heavy atom. The van der Waals surface area contributed by atoms with Crippen LogP contribution >= 0.6 is 0 Å². The van der Waals surface area contributed by atoms with Gasteiger partial charge in [-0.15, -0.1) is 0 Å². The summed E-state index contributed by atoms with van der Waals surface area (Å²) in [6, 6.07) is 0.834. The van der Waals surface area contributed by atoms with Crippen LogP contribution in [0, 0.1) is 0 Å². The highest BCUT2D eigenvalue weighted by atomic mass is 32.2. The molecule has 2 atom stereocenters. The fourth-order valence-corrected chi connectivity index (χ4v) is 4.58. The van der Waals surface area contributed by atoms with Gasteiger partial charge in [0.25, 0.3) is 0 Å². The second-order valence-corrected chi connectivity index (χ2v) is 7.70. The van der Waals surface area contributed by atoms with E-state index in [0.717, 1.165) is 25.7 Å². The van der Waals surface area contributed by atoms with Crippen molar-refractivity contribution in [1.29, 1.82) is 0 Å². The smallest absolute Gasteiger partial charge is 0.151 e. The Balaban J connectivity index is 1.88. The Morgan fingerprint density at radius 1 is 1.18 bits per heavy atom. The molecule has 0 aromatic heterocycles. The van der Waals surface area contributed by atoms with Gasteiger partial charge < -0.3 is 5.11 Å². The molecule has 100 valence electrons. The monoisotopic (exact) mass is 261 g/mol. The summed E-state index contributed by atoms with van der Waals surface area (Å²) in [7, 11) is -2.87. The summed E-state index contributed by atoms with van der Waals surface area (Å²) in [4.78, 5) is 2.32. The number of fused-ring (bicyclic) bond motifs is 2. The number of nitrogens with zero attached hydrogens (tertiary/aromatic N) is 1. The predicted molar refractivity (Wildman–Crippen MR) is 67.7 cm³/mol. The van der Waals surface area contributed by atoms with E-state index in [4.69, 9.17) is 0 Å². The summed E-state index contributed by atoms with van der Waals surface area (Å²) in [6.45, 7) is 2.56. The SMILES string of the molecule is CCCS(=O)(=O)CCN1C2CCC1CC(O)C2. The van der Waals surface area contributed by atoms with Crippen LogP contribution in [0.3, 0.4) is 0 Å². The Labute approximate surface area is 104 Å². The van der Waals surface area contributed by atoms with Gasteiger partial charge >= 0.3 is 0 Å². The molecule has 0 spiro atoms. The molecule has 17 heavy (non-hydrogen) atoms. The van der Waals surface area contributed by atoms with Gasteiger partial charge in [0, 0.05) is 24.4 Å². The van der Waals surface area contributed by atoms with Gasteiger partial charge in [-0.3, -0.25) is 4.90 Å². The Hall–Kier alpha value is -0.130. The number of rotatable bonds is 5. The summed E-state index contributed by atoms with van der Waals surface area (Å²) in [6.07, 6.45) is 4.42. The summed E-state index contributed by atoms with van der Waals surface area (Å²) < 4.78 is 23.4. The summed E-state index contributed by atoms with van der Waals surface area (Å²) in [5.41, 5.74) is 0. The highest BCUT2D eigenvalue weighted by Crippen LogP contribution is 2.35. The third-order valence-corrected chi connectivity index (χ3v) is 5.87. The quantitative estimate of drug-likeness (QED) is 0.795. The van der Waals surface area contributed by atoms with E-state index >= 15 is 0 Å². The number of aliphatic hydroxyl groups excluding tert-OH is 1. The zero-order valence-corrected chi connectivity index (χ0v) is 11.3. The van der Waals surface area contributed by atoms with Crippen molar-refractivity contribution >= 4 is 9.84 Å². The minimum Gasteiger partial charge on any atom is -0.393 e. The molecule has 2 rings (SSSR count). The molecular formula is C12H23NO3S. The minimum atomic E-state index is -2.87. The average molecular weight is 261 g/mol. The van der Waals surface area contributed by atoms with Gasteiger partial charge in [-0.05, 0) is 32.1 Å². The van der Waals surface area contributed by atoms with E-state index in [1.807, 2.05) is 6.92 Å². The van der Waals surface area contributed by atoms with Gasteiger partial charge in [0.1, 0.15) is 0 Å². The van der Waals surface area contributed by atoms with Crippen LogP contribution in [0.2, 0.25) is 0 Å². The predicted octanol–water partition coefficient (Wildman–Crippen LogP) is 0.799. The van der Waals surface area contributed by atoms with Crippen LogP contribution in [0.25, 0.3) is 0 Å². The van der Waals surface area contributed by atoms with E-state index < -0.39 is 9.84 Å². The molecule has 4 nitrogen and oxygen atoms in total. The van der Waals surface area contributed by atoms with Crippen molar-refractivity contribution in [2.75, 3.05) is 18.1 Å².